The maximum atomic E-state index is 13.4. The molecule has 112 valence electrons. The highest BCUT2D eigenvalue weighted by atomic mass is 19.1. The number of carbonyl (C=O) groups is 1. The summed E-state index contributed by atoms with van der Waals surface area (Å²) in [7, 11) is 1.45. The van der Waals surface area contributed by atoms with Crippen LogP contribution in [0, 0.1) is 11.7 Å². The van der Waals surface area contributed by atoms with Crippen LogP contribution in [-0.2, 0) is 16.0 Å². The summed E-state index contributed by atoms with van der Waals surface area (Å²) < 4.78 is 23.3. The highest BCUT2D eigenvalue weighted by molar-refractivity contribution is 5.69. The van der Waals surface area contributed by atoms with Gasteiger partial charge >= 0.3 is 5.97 Å². The van der Waals surface area contributed by atoms with Crippen molar-refractivity contribution in [1.29, 1.82) is 0 Å². The summed E-state index contributed by atoms with van der Waals surface area (Å²) in [6.45, 7) is 4.29. The van der Waals surface area contributed by atoms with Gasteiger partial charge in [0.15, 0.2) is 11.6 Å². The molecule has 1 unspecified atom stereocenters. The minimum absolute atomic E-state index is 0.167. The second kappa shape index (κ2) is 8.56. The molecule has 0 fully saturated rings. The first kappa shape index (κ1) is 16.5. The van der Waals surface area contributed by atoms with Crippen molar-refractivity contribution in [1.82, 2.24) is 0 Å². The SMILES string of the molecule is CCCC(CC(=O)OCC)Cc1ccc(F)c(OC)c1. The summed E-state index contributed by atoms with van der Waals surface area (Å²) in [5.41, 5.74) is 0.978. The molecule has 0 heterocycles. The molecule has 0 aliphatic carbocycles. The minimum atomic E-state index is -0.367. The summed E-state index contributed by atoms with van der Waals surface area (Å²) in [5, 5.41) is 0. The van der Waals surface area contributed by atoms with E-state index in [1.165, 1.54) is 13.2 Å². The summed E-state index contributed by atoms with van der Waals surface area (Å²) in [6, 6.07) is 4.84. The fourth-order valence-corrected chi connectivity index (χ4v) is 2.30. The maximum absolute atomic E-state index is 13.4. The fourth-order valence-electron chi connectivity index (χ4n) is 2.30. The molecule has 0 N–H and O–H groups in total. The van der Waals surface area contributed by atoms with Gasteiger partial charge in [0.1, 0.15) is 0 Å². The highest BCUT2D eigenvalue weighted by Gasteiger charge is 2.15. The zero-order valence-corrected chi connectivity index (χ0v) is 12.4. The largest absolute Gasteiger partial charge is 0.494 e. The number of rotatable bonds is 8. The average Bonchev–Trinajstić information content (AvgIpc) is 2.41. The molecule has 0 aliphatic heterocycles. The van der Waals surface area contributed by atoms with Gasteiger partial charge in [0.05, 0.1) is 13.7 Å². The van der Waals surface area contributed by atoms with Crippen molar-refractivity contribution in [2.24, 2.45) is 5.92 Å². The molecular weight excluding hydrogens is 259 g/mol. The molecule has 1 aromatic carbocycles. The lowest BCUT2D eigenvalue weighted by atomic mass is 9.92. The molecular formula is C16H23FO3. The molecule has 0 aromatic heterocycles. The quantitative estimate of drug-likeness (QED) is 0.681. The molecule has 3 nitrogen and oxygen atoms in total. The third-order valence-electron chi connectivity index (χ3n) is 3.20. The Morgan fingerprint density at radius 3 is 2.70 bits per heavy atom. The van der Waals surface area contributed by atoms with E-state index in [0.29, 0.717) is 13.0 Å². The molecule has 0 bridgehead atoms. The van der Waals surface area contributed by atoms with Crippen LogP contribution in [0.2, 0.25) is 0 Å². The van der Waals surface area contributed by atoms with Crippen molar-refractivity contribution >= 4 is 5.97 Å². The summed E-state index contributed by atoms with van der Waals surface area (Å²) in [5.74, 6) is -0.0724. The lowest BCUT2D eigenvalue weighted by molar-refractivity contribution is -0.144. The first-order valence-electron chi connectivity index (χ1n) is 7.08. The first-order valence-corrected chi connectivity index (χ1v) is 7.08. The van der Waals surface area contributed by atoms with Crippen molar-refractivity contribution in [3.63, 3.8) is 0 Å². The van der Waals surface area contributed by atoms with Crippen LogP contribution in [0.4, 0.5) is 4.39 Å². The van der Waals surface area contributed by atoms with Gasteiger partial charge in [0.2, 0.25) is 0 Å². The predicted molar refractivity (Wildman–Crippen MR) is 76.3 cm³/mol. The van der Waals surface area contributed by atoms with Gasteiger partial charge in [-0.25, -0.2) is 4.39 Å². The van der Waals surface area contributed by atoms with E-state index in [-0.39, 0.29) is 23.5 Å². The minimum Gasteiger partial charge on any atom is -0.494 e. The molecule has 0 saturated heterocycles. The Morgan fingerprint density at radius 1 is 1.35 bits per heavy atom. The molecule has 0 aliphatic rings. The van der Waals surface area contributed by atoms with Crippen molar-refractivity contribution < 1.29 is 18.7 Å². The molecule has 20 heavy (non-hydrogen) atoms. The van der Waals surface area contributed by atoms with Crippen LogP contribution in [0.3, 0.4) is 0 Å². The topological polar surface area (TPSA) is 35.5 Å². The fraction of sp³-hybridized carbons (Fsp3) is 0.562. The van der Waals surface area contributed by atoms with Crippen LogP contribution in [0.15, 0.2) is 18.2 Å². The Bertz CT molecular complexity index is 432. The Labute approximate surface area is 120 Å². The molecule has 0 saturated carbocycles. The van der Waals surface area contributed by atoms with Gasteiger partial charge in [-0.2, -0.15) is 0 Å². The van der Waals surface area contributed by atoms with Crippen LogP contribution in [0.5, 0.6) is 5.75 Å². The maximum Gasteiger partial charge on any atom is 0.306 e. The lowest BCUT2D eigenvalue weighted by Crippen LogP contribution is -2.14. The third-order valence-corrected chi connectivity index (χ3v) is 3.20. The monoisotopic (exact) mass is 282 g/mol. The standard InChI is InChI=1S/C16H23FO3/c1-4-6-12(11-16(18)20-5-2)9-13-7-8-14(17)15(10-13)19-3/h7-8,10,12H,4-6,9,11H2,1-3H3. The molecule has 1 rings (SSSR count). The van der Waals surface area contributed by atoms with Crippen molar-refractivity contribution in [3.05, 3.63) is 29.6 Å². The van der Waals surface area contributed by atoms with E-state index in [1.54, 1.807) is 19.1 Å². The van der Waals surface area contributed by atoms with Gasteiger partial charge in [0, 0.05) is 6.42 Å². The average molecular weight is 282 g/mol. The zero-order chi connectivity index (χ0) is 15.0. The van der Waals surface area contributed by atoms with Gasteiger partial charge in [-0.1, -0.05) is 19.4 Å². The normalized spacial score (nSPS) is 12.0. The molecule has 0 radical (unpaired) electrons. The number of esters is 1. The number of carbonyl (C=O) groups excluding carboxylic acids is 1. The Hall–Kier alpha value is -1.58. The van der Waals surface area contributed by atoms with Crippen molar-refractivity contribution in [2.75, 3.05) is 13.7 Å². The van der Waals surface area contributed by atoms with Gasteiger partial charge in [-0.3, -0.25) is 4.79 Å². The molecule has 1 atom stereocenters. The summed E-state index contributed by atoms with van der Waals surface area (Å²) >= 11 is 0. The van der Waals surface area contributed by atoms with Crippen LogP contribution in [0.25, 0.3) is 0 Å². The molecule has 4 heteroatoms. The molecule has 0 amide bonds. The lowest BCUT2D eigenvalue weighted by Gasteiger charge is -2.16. The van der Waals surface area contributed by atoms with Gasteiger partial charge in [-0.05, 0) is 43.4 Å². The van der Waals surface area contributed by atoms with Gasteiger partial charge in [-0.15, -0.1) is 0 Å². The van der Waals surface area contributed by atoms with Gasteiger partial charge < -0.3 is 9.47 Å². The van der Waals surface area contributed by atoms with Crippen LogP contribution in [0.1, 0.15) is 38.7 Å². The van der Waals surface area contributed by atoms with E-state index >= 15 is 0 Å². The predicted octanol–water partition coefficient (Wildman–Crippen LogP) is 3.75. The number of benzene rings is 1. The number of ether oxygens (including phenoxy) is 2. The second-order valence-electron chi connectivity index (χ2n) is 4.84. The number of hydrogen-bond donors (Lipinski definition) is 0. The van der Waals surface area contributed by atoms with Crippen LogP contribution in [-0.4, -0.2) is 19.7 Å². The highest BCUT2D eigenvalue weighted by Crippen LogP contribution is 2.23. The number of methoxy groups -OCH3 is 1. The van der Waals surface area contributed by atoms with E-state index in [4.69, 9.17) is 9.47 Å². The molecule has 0 spiro atoms. The smallest absolute Gasteiger partial charge is 0.306 e. The Balaban J connectivity index is 2.71. The van der Waals surface area contributed by atoms with Gasteiger partial charge in [0.25, 0.3) is 0 Å². The number of hydrogen-bond acceptors (Lipinski definition) is 3. The van der Waals surface area contributed by atoms with Crippen LogP contribution >= 0.6 is 0 Å². The van der Waals surface area contributed by atoms with Crippen molar-refractivity contribution in [3.8, 4) is 5.75 Å². The van der Waals surface area contributed by atoms with Crippen LogP contribution < -0.4 is 4.74 Å². The Morgan fingerprint density at radius 2 is 2.10 bits per heavy atom. The first-order chi connectivity index (χ1) is 9.60. The van der Waals surface area contributed by atoms with Crippen molar-refractivity contribution in [2.45, 2.75) is 39.5 Å². The summed E-state index contributed by atoms with van der Waals surface area (Å²) in [4.78, 5) is 11.6. The zero-order valence-electron chi connectivity index (χ0n) is 12.4. The third kappa shape index (κ3) is 5.19. The van der Waals surface area contributed by atoms with E-state index in [0.717, 1.165) is 24.8 Å². The van der Waals surface area contributed by atoms with E-state index < -0.39 is 0 Å². The van der Waals surface area contributed by atoms with E-state index in [1.807, 2.05) is 0 Å². The Kier molecular flexibility index (Phi) is 7.05. The van der Waals surface area contributed by atoms with E-state index in [9.17, 15) is 9.18 Å². The molecule has 1 aromatic rings. The number of halogens is 1. The van der Waals surface area contributed by atoms with E-state index in [2.05, 4.69) is 6.92 Å². The second-order valence-corrected chi connectivity index (χ2v) is 4.84. The summed E-state index contributed by atoms with van der Waals surface area (Å²) in [6.07, 6.45) is 3.07.